The average Bonchev–Trinajstić information content (AvgIpc) is 2.81. The molecule has 1 aromatic carbocycles. The number of nitrogens with zero attached hydrogens (tertiary/aromatic N) is 2. The van der Waals surface area contributed by atoms with Crippen molar-refractivity contribution < 1.29 is 0 Å². The highest BCUT2D eigenvalue weighted by Gasteiger charge is 2.13. The van der Waals surface area contributed by atoms with E-state index in [9.17, 15) is 0 Å². The molecule has 0 saturated carbocycles. The summed E-state index contributed by atoms with van der Waals surface area (Å²) in [6.07, 6.45) is 2.82. The Morgan fingerprint density at radius 3 is 2.81 bits per heavy atom. The van der Waals surface area contributed by atoms with Crippen LogP contribution in [0.4, 0.5) is 0 Å². The zero-order valence-electron chi connectivity index (χ0n) is 9.47. The monoisotopic (exact) mass is 233 g/mol. The van der Waals surface area contributed by atoms with Crippen LogP contribution in [0.1, 0.15) is 22.0 Å². The maximum absolute atomic E-state index is 3.91. The van der Waals surface area contributed by atoms with Gasteiger partial charge in [-0.25, -0.2) is 0 Å². The van der Waals surface area contributed by atoms with Crippen LogP contribution in [0.3, 0.4) is 0 Å². The third kappa shape index (κ3) is 2.46. The summed E-state index contributed by atoms with van der Waals surface area (Å²) in [7, 11) is 1.97. The zero-order valence-corrected chi connectivity index (χ0v) is 10.3. The van der Waals surface area contributed by atoms with E-state index >= 15 is 0 Å². The van der Waals surface area contributed by atoms with Gasteiger partial charge in [-0.1, -0.05) is 28.8 Å². The first-order chi connectivity index (χ1) is 7.81. The first-order valence-corrected chi connectivity index (χ1v) is 6.07. The van der Waals surface area contributed by atoms with E-state index in [2.05, 4.69) is 46.1 Å². The fraction of sp³-hybridized carbons (Fsp3) is 0.333. The minimum absolute atomic E-state index is 0.307. The molecule has 0 fully saturated rings. The smallest absolute Gasteiger partial charge is 0.0669 e. The largest absolute Gasteiger partial charge is 0.312 e. The summed E-state index contributed by atoms with van der Waals surface area (Å²) in [5, 5.41) is 7.19. The minimum atomic E-state index is 0.307. The molecule has 84 valence electrons. The zero-order chi connectivity index (χ0) is 11.4. The van der Waals surface area contributed by atoms with Gasteiger partial charge in [0.25, 0.3) is 0 Å². The van der Waals surface area contributed by atoms with Gasteiger partial charge in [0.1, 0.15) is 0 Å². The molecule has 2 rings (SSSR count). The molecule has 0 bridgehead atoms. The molecule has 1 unspecified atom stereocenters. The Kier molecular flexibility index (Phi) is 3.64. The molecule has 0 amide bonds. The van der Waals surface area contributed by atoms with E-state index in [0.29, 0.717) is 6.04 Å². The van der Waals surface area contributed by atoms with E-state index in [-0.39, 0.29) is 0 Å². The lowest BCUT2D eigenvalue weighted by Crippen LogP contribution is -2.18. The van der Waals surface area contributed by atoms with Gasteiger partial charge in [-0.2, -0.15) is 0 Å². The van der Waals surface area contributed by atoms with Crippen molar-refractivity contribution in [3.63, 3.8) is 0 Å². The molecule has 0 radical (unpaired) electrons. The second-order valence-electron chi connectivity index (χ2n) is 3.79. The Morgan fingerprint density at radius 1 is 1.38 bits per heavy atom. The molecule has 3 nitrogen and oxygen atoms in total. The van der Waals surface area contributed by atoms with Gasteiger partial charge in [-0.05, 0) is 43.1 Å². The van der Waals surface area contributed by atoms with E-state index in [1.807, 2.05) is 13.2 Å². The molecule has 1 aromatic heterocycles. The molecule has 0 aliphatic carbocycles. The van der Waals surface area contributed by atoms with Crippen LogP contribution in [-0.2, 0) is 6.42 Å². The molecule has 4 heteroatoms. The van der Waals surface area contributed by atoms with Crippen molar-refractivity contribution in [3.05, 3.63) is 46.5 Å². The first-order valence-electron chi connectivity index (χ1n) is 5.30. The Morgan fingerprint density at radius 2 is 2.19 bits per heavy atom. The van der Waals surface area contributed by atoms with Crippen molar-refractivity contribution in [2.75, 3.05) is 7.05 Å². The molecule has 0 aliphatic heterocycles. The van der Waals surface area contributed by atoms with Gasteiger partial charge in [0, 0.05) is 6.04 Å². The van der Waals surface area contributed by atoms with Crippen molar-refractivity contribution in [2.45, 2.75) is 19.4 Å². The maximum atomic E-state index is 3.91. The molecule has 16 heavy (non-hydrogen) atoms. The fourth-order valence-electron chi connectivity index (χ4n) is 1.73. The number of likely N-dealkylation sites (N-methyl/N-ethyl adjacent to an activating group) is 1. The summed E-state index contributed by atoms with van der Waals surface area (Å²) in [5.74, 6) is 0. The fourth-order valence-corrected chi connectivity index (χ4v) is 2.34. The van der Waals surface area contributed by atoms with Crippen LogP contribution in [0.5, 0.6) is 0 Å². The van der Waals surface area contributed by atoms with Crippen LogP contribution in [0.15, 0.2) is 30.5 Å². The highest BCUT2D eigenvalue weighted by Crippen LogP contribution is 2.21. The summed E-state index contributed by atoms with van der Waals surface area (Å²) in [4.78, 5) is 1.19. The van der Waals surface area contributed by atoms with Gasteiger partial charge >= 0.3 is 0 Å². The number of benzene rings is 1. The highest BCUT2D eigenvalue weighted by atomic mass is 32.1. The lowest BCUT2D eigenvalue weighted by molar-refractivity contribution is 0.599. The Labute approximate surface area is 99.7 Å². The molecule has 0 aliphatic rings. The summed E-state index contributed by atoms with van der Waals surface area (Å²) < 4.78 is 3.91. The van der Waals surface area contributed by atoms with Crippen LogP contribution in [0.25, 0.3) is 0 Å². The third-order valence-electron chi connectivity index (χ3n) is 2.76. The van der Waals surface area contributed by atoms with Gasteiger partial charge < -0.3 is 5.32 Å². The predicted molar refractivity (Wildman–Crippen MR) is 66.6 cm³/mol. The van der Waals surface area contributed by atoms with E-state index in [1.54, 1.807) is 0 Å². The SMILES string of the molecule is CNC(Cc1ccccc1C)c1cnns1. The number of rotatable bonds is 4. The third-order valence-corrected chi connectivity index (χ3v) is 3.53. The lowest BCUT2D eigenvalue weighted by Gasteiger charge is -2.14. The normalized spacial score (nSPS) is 12.6. The lowest BCUT2D eigenvalue weighted by atomic mass is 10.0. The molecular weight excluding hydrogens is 218 g/mol. The minimum Gasteiger partial charge on any atom is -0.312 e. The molecule has 0 spiro atoms. The Bertz CT molecular complexity index is 439. The van der Waals surface area contributed by atoms with E-state index in [0.717, 1.165) is 6.42 Å². The number of nitrogens with one attached hydrogen (secondary N) is 1. The highest BCUT2D eigenvalue weighted by molar-refractivity contribution is 7.05. The average molecular weight is 233 g/mol. The summed E-state index contributed by atoms with van der Waals surface area (Å²) >= 11 is 1.46. The van der Waals surface area contributed by atoms with Crippen molar-refractivity contribution >= 4 is 11.5 Å². The summed E-state index contributed by atoms with van der Waals surface area (Å²) in [5.41, 5.74) is 2.70. The van der Waals surface area contributed by atoms with Gasteiger partial charge in [-0.15, -0.1) is 5.10 Å². The van der Waals surface area contributed by atoms with E-state index in [1.165, 1.54) is 27.5 Å². The molecule has 1 atom stereocenters. The second-order valence-corrected chi connectivity index (χ2v) is 4.61. The maximum Gasteiger partial charge on any atom is 0.0669 e. The molecule has 2 aromatic rings. The van der Waals surface area contributed by atoms with Crippen LogP contribution in [-0.4, -0.2) is 16.6 Å². The number of aryl methyl sites for hydroxylation is 1. The summed E-state index contributed by atoms with van der Waals surface area (Å²) in [6, 6.07) is 8.78. The quantitative estimate of drug-likeness (QED) is 0.881. The van der Waals surface area contributed by atoms with Crippen molar-refractivity contribution in [2.24, 2.45) is 0 Å². The van der Waals surface area contributed by atoms with Gasteiger partial charge in [0.2, 0.25) is 0 Å². The summed E-state index contributed by atoms with van der Waals surface area (Å²) in [6.45, 7) is 2.15. The molecular formula is C12H15N3S. The van der Waals surface area contributed by atoms with E-state index < -0.39 is 0 Å². The number of hydrogen-bond donors (Lipinski definition) is 1. The van der Waals surface area contributed by atoms with Crippen LogP contribution < -0.4 is 5.32 Å². The standard InChI is InChI=1S/C12H15N3S/c1-9-5-3-4-6-10(9)7-11(13-2)12-8-14-15-16-12/h3-6,8,11,13H,7H2,1-2H3. The van der Waals surface area contributed by atoms with Crippen molar-refractivity contribution in [3.8, 4) is 0 Å². The van der Waals surface area contributed by atoms with E-state index in [4.69, 9.17) is 0 Å². The van der Waals surface area contributed by atoms with Crippen molar-refractivity contribution in [1.82, 2.24) is 14.9 Å². The van der Waals surface area contributed by atoms with Crippen molar-refractivity contribution in [1.29, 1.82) is 0 Å². The first kappa shape index (κ1) is 11.2. The van der Waals surface area contributed by atoms with Crippen LogP contribution >= 0.6 is 11.5 Å². The predicted octanol–water partition coefficient (Wildman–Crippen LogP) is 2.35. The Balaban J connectivity index is 2.17. The van der Waals surface area contributed by atoms with Gasteiger partial charge in [0.05, 0.1) is 11.1 Å². The molecule has 0 saturated heterocycles. The number of hydrogen-bond acceptors (Lipinski definition) is 4. The molecule has 1 heterocycles. The topological polar surface area (TPSA) is 37.8 Å². The Hall–Kier alpha value is -1.26. The van der Waals surface area contributed by atoms with Crippen LogP contribution in [0.2, 0.25) is 0 Å². The molecule has 1 N–H and O–H groups in total. The number of aromatic nitrogens is 2. The van der Waals surface area contributed by atoms with Gasteiger partial charge in [0.15, 0.2) is 0 Å². The van der Waals surface area contributed by atoms with Crippen LogP contribution in [0, 0.1) is 6.92 Å². The second kappa shape index (κ2) is 5.18. The van der Waals surface area contributed by atoms with Gasteiger partial charge in [-0.3, -0.25) is 0 Å².